The van der Waals surface area contributed by atoms with Crippen LogP contribution in [0.2, 0.25) is 0 Å². The van der Waals surface area contributed by atoms with Crippen LogP contribution in [0.4, 0.5) is 22.7 Å². The summed E-state index contributed by atoms with van der Waals surface area (Å²) in [7, 11) is -10.7. The molecule has 2 heterocycles. The van der Waals surface area contributed by atoms with Gasteiger partial charge >= 0.3 is 251 Å². The van der Waals surface area contributed by atoms with Crippen molar-refractivity contribution in [2.24, 2.45) is 20.5 Å². The molecule has 0 spiro atoms. The molecular formula is C22H14As2N4O14S2. The number of hydrogen-bond acceptors (Lipinski definition) is 12. The van der Waals surface area contributed by atoms with Gasteiger partial charge in [0.2, 0.25) is 0 Å². The average Bonchev–Trinajstić information content (AvgIpc) is 3.38. The summed E-state index contributed by atoms with van der Waals surface area (Å²) in [4.78, 5) is -2.23. The first-order chi connectivity index (χ1) is 20.2. The van der Waals surface area contributed by atoms with Crippen molar-refractivity contribution in [2.45, 2.75) is 9.79 Å². The Hall–Kier alpha value is -3.68. The second-order valence-corrected chi connectivity index (χ2v) is 18.6. The molecule has 0 saturated carbocycles. The number of nitrogens with zero attached hydrogens (tertiary/aromatic N) is 4. The molecule has 0 aliphatic carbocycles. The Morgan fingerprint density at radius 1 is 0.591 bits per heavy atom. The van der Waals surface area contributed by atoms with Crippen molar-refractivity contribution in [1.82, 2.24) is 0 Å². The zero-order valence-electron chi connectivity index (χ0n) is 21.0. The first-order valence-corrected chi connectivity index (χ1v) is 21.2. The van der Waals surface area contributed by atoms with Crippen LogP contribution >= 0.6 is 0 Å². The molecule has 0 fully saturated rings. The predicted octanol–water partition coefficient (Wildman–Crippen LogP) is 0.658. The number of rotatable bonds is 6. The zero-order chi connectivity index (χ0) is 32.3. The van der Waals surface area contributed by atoms with Crippen LogP contribution in [0, 0.1) is 0 Å². The summed E-state index contributed by atoms with van der Waals surface area (Å²) < 4.78 is 133. The van der Waals surface area contributed by atoms with Gasteiger partial charge in [-0.1, -0.05) is 0 Å². The Bertz CT molecular complexity index is 2250. The quantitative estimate of drug-likeness (QED) is 0.0852. The van der Waals surface area contributed by atoms with Crippen LogP contribution in [0.15, 0.2) is 66.6 Å². The Morgan fingerprint density at radius 2 is 0.955 bits per heavy atom. The summed E-state index contributed by atoms with van der Waals surface area (Å²) >= 11 is -11.6. The standard InChI is InChI=1S/C22H14As2N4O14S2/c29-21-14-7(5-12(43(37,38)39)15(21)8-1-3-10-17(23(31,32)33)19(8)27-25-10)6-13(44(40,41)42)16(22(14)30)9-2-4-11-18(24(34,35)36)20(9)28-26-11/h1-6,29-30H,(H2,31,32,33)(H2,34,35,36)(H,37,38,39)(H,40,41,42). The molecule has 2 aliphatic heterocycles. The summed E-state index contributed by atoms with van der Waals surface area (Å²) in [5, 5.41) is 36.3. The second-order valence-electron chi connectivity index (χ2n) is 9.39. The summed E-state index contributed by atoms with van der Waals surface area (Å²) in [5.41, 5.74) is -4.19. The molecule has 2 aliphatic rings. The Kier molecular flexibility index (Phi) is 6.49. The van der Waals surface area contributed by atoms with Crippen LogP contribution in [-0.4, -0.2) is 80.9 Å². The molecule has 4 aromatic carbocycles. The summed E-state index contributed by atoms with van der Waals surface area (Å²) in [5.74, 6) is -2.33. The van der Waals surface area contributed by atoms with Gasteiger partial charge in [0.25, 0.3) is 0 Å². The van der Waals surface area contributed by atoms with Gasteiger partial charge in [0.05, 0.1) is 0 Å². The van der Waals surface area contributed by atoms with Gasteiger partial charge in [-0.2, -0.15) is 0 Å². The van der Waals surface area contributed by atoms with Gasteiger partial charge in [-0.3, -0.25) is 0 Å². The zero-order valence-corrected chi connectivity index (χ0v) is 26.4. The molecule has 0 amide bonds. The van der Waals surface area contributed by atoms with Crippen molar-refractivity contribution in [3.8, 4) is 33.8 Å². The summed E-state index contributed by atoms with van der Waals surface area (Å²) in [6.45, 7) is 0. The van der Waals surface area contributed by atoms with E-state index >= 15 is 0 Å². The maximum atomic E-state index is 12.5. The molecule has 0 atom stereocenters. The van der Waals surface area contributed by atoms with Crippen molar-refractivity contribution in [3.05, 3.63) is 36.4 Å². The third-order valence-electron chi connectivity index (χ3n) is 6.75. The van der Waals surface area contributed by atoms with Gasteiger partial charge < -0.3 is 0 Å². The molecule has 22 heteroatoms. The first-order valence-electron chi connectivity index (χ1n) is 11.5. The van der Waals surface area contributed by atoms with Gasteiger partial charge in [0.1, 0.15) is 0 Å². The third-order valence-corrected chi connectivity index (χ3v) is 12.8. The molecule has 6 rings (SSSR count). The molecule has 44 heavy (non-hydrogen) atoms. The fourth-order valence-electron chi connectivity index (χ4n) is 5.10. The molecule has 0 saturated heterocycles. The number of hydrogen-bond donors (Lipinski definition) is 8. The Labute approximate surface area is 250 Å². The van der Waals surface area contributed by atoms with Crippen molar-refractivity contribution >= 4 is 90.8 Å². The van der Waals surface area contributed by atoms with Gasteiger partial charge in [-0.15, -0.1) is 0 Å². The number of phenols is 2. The van der Waals surface area contributed by atoms with Crippen LogP contribution in [0.3, 0.4) is 0 Å². The second kappa shape index (κ2) is 9.41. The van der Waals surface area contributed by atoms with Crippen LogP contribution in [0.25, 0.3) is 33.0 Å². The Morgan fingerprint density at radius 3 is 1.27 bits per heavy atom. The third kappa shape index (κ3) is 4.55. The molecule has 18 nitrogen and oxygen atoms in total. The van der Waals surface area contributed by atoms with Gasteiger partial charge in [0, 0.05) is 0 Å². The SMILES string of the molecule is O=S(=O)(O)c1cc2cc(S(=O)(=O)O)c(-c3ccc4c([As](=O)(O)O)c3N=N4)c(O)c2c(O)c1-c1ccc2c([As](=O)(O)O)c1N=N2. The summed E-state index contributed by atoms with van der Waals surface area (Å²) in [6, 6.07) is 5.47. The molecular weight excluding hydrogens is 758 g/mol. The average molecular weight is 772 g/mol. The topological polar surface area (TPSA) is 314 Å². The van der Waals surface area contributed by atoms with E-state index in [0.29, 0.717) is 12.1 Å². The van der Waals surface area contributed by atoms with E-state index in [1.807, 2.05) is 0 Å². The molecule has 4 aromatic rings. The molecule has 0 aromatic heterocycles. The van der Waals surface area contributed by atoms with Crippen LogP contribution < -0.4 is 8.70 Å². The fraction of sp³-hybridized carbons (Fsp3) is 0. The van der Waals surface area contributed by atoms with E-state index in [9.17, 15) is 60.0 Å². The van der Waals surface area contributed by atoms with Gasteiger partial charge in [0.15, 0.2) is 0 Å². The minimum absolute atomic E-state index is 0.245. The molecule has 0 unspecified atom stereocenters. The predicted molar refractivity (Wildman–Crippen MR) is 147 cm³/mol. The number of azo groups is 2. The van der Waals surface area contributed by atoms with Crippen molar-refractivity contribution < 1.29 is 60.0 Å². The number of aromatic hydroxyl groups is 2. The number of phenolic OH excluding ortho intramolecular Hbond substituents is 2. The normalized spacial score (nSPS) is 14.2. The first kappa shape index (κ1) is 30.3. The Balaban J connectivity index is 1.80. The van der Waals surface area contributed by atoms with Crippen molar-refractivity contribution in [1.29, 1.82) is 0 Å². The van der Waals surface area contributed by atoms with E-state index in [-0.39, 0.29) is 11.4 Å². The van der Waals surface area contributed by atoms with Crippen LogP contribution in [-0.2, 0) is 27.7 Å². The molecule has 8 N–H and O–H groups in total. The van der Waals surface area contributed by atoms with E-state index in [0.717, 1.165) is 24.3 Å². The van der Waals surface area contributed by atoms with E-state index in [1.54, 1.807) is 0 Å². The van der Waals surface area contributed by atoms with E-state index in [2.05, 4.69) is 20.5 Å². The van der Waals surface area contributed by atoms with Crippen molar-refractivity contribution in [3.63, 3.8) is 0 Å². The van der Waals surface area contributed by atoms with Gasteiger partial charge in [-0.05, 0) is 0 Å². The molecule has 228 valence electrons. The number of benzene rings is 4. The fourth-order valence-corrected chi connectivity index (χ4v) is 10.2. The maximum absolute atomic E-state index is 12.5. The molecule has 4 bridgehead atoms. The van der Waals surface area contributed by atoms with E-state index in [4.69, 9.17) is 0 Å². The molecule has 0 radical (unpaired) electrons. The minimum atomic E-state index is -5.82. The monoisotopic (exact) mass is 772 g/mol. The number of fused-ring (bicyclic) bond motifs is 5. The van der Waals surface area contributed by atoms with E-state index in [1.165, 1.54) is 0 Å². The summed E-state index contributed by atoms with van der Waals surface area (Å²) in [6.07, 6.45) is 0. The van der Waals surface area contributed by atoms with Crippen LogP contribution in [0.5, 0.6) is 11.5 Å². The van der Waals surface area contributed by atoms with E-state index < -0.39 is 123 Å². The van der Waals surface area contributed by atoms with Crippen molar-refractivity contribution in [2.75, 3.05) is 0 Å². The van der Waals surface area contributed by atoms with Gasteiger partial charge in [-0.25, -0.2) is 0 Å². The van der Waals surface area contributed by atoms with Crippen LogP contribution in [0.1, 0.15) is 0 Å².